The molecule has 1 aromatic heterocycles. The van der Waals surface area contributed by atoms with Crippen LogP contribution in [-0.4, -0.2) is 53.6 Å². The average molecular weight is 358 g/mol. The second-order valence-corrected chi connectivity index (χ2v) is 8.66. The molecule has 144 valence electrons. The van der Waals surface area contributed by atoms with Crippen LogP contribution < -0.4 is 10.2 Å². The summed E-state index contributed by atoms with van der Waals surface area (Å²) in [6.45, 7) is 14.1. The number of hydrogen-bond acceptors (Lipinski definition) is 5. The molecule has 0 amide bonds. The summed E-state index contributed by atoms with van der Waals surface area (Å²) < 4.78 is 0. The lowest BCUT2D eigenvalue weighted by Gasteiger charge is -2.29. The first-order chi connectivity index (χ1) is 12.6. The first-order valence-electron chi connectivity index (χ1n) is 10.2. The zero-order valence-corrected chi connectivity index (χ0v) is 16.6. The summed E-state index contributed by atoms with van der Waals surface area (Å²) in [7, 11) is 0. The fraction of sp³-hybridized carbons (Fsp3) is 0.714. The SMILES string of the molecule is C=CCC(C)(C)CN1CCC(Nc2nccc(N3CCCCCC3)n2)C1. The Kier molecular flexibility index (Phi) is 6.52. The third-order valence-corrected chi connectivity index (χ3v) is 5.53. The average Bonchev–Trinajstić information content (AvgIpc) is 2.85. The highest BCUT2D eigenvalue weighted by atomic mass is 15.3. The molecule has 0 radical (unpaired) electrons. The van der Waals surface area contributed by atoms with Crippen LogP contribution in [0, 0.1) is 5.41 Å². The van der Waals surface area contributed by atoms with Crippen molar-refractivity contribution in [2.24, 2.45) is 5.41 Å². The van der Waals surface area contributed by atoms with Gasteiger partial charge in [0, 0.05) is 45.0 Å². The lowest BCUT2D eigenvalue weighted by Crippen LogP contribution is -2.34. The van der Waals surface area contributed by atoms with E-state index in [-0.39, 0.29) is 0 Å². The lowest BCUT2D eigenvalue weighted by molar-refractivity contribution is 0.210. The van der Waals surface area contributed by atoms with Gasteiger partial charge < -0.3 is 15.1 Å². The zero-order chi connectivity index (χ0) is 18.4. The normalized spacial score (nSPS) is 22.2. The van der Waals surface area contributed by atoms with Crippen LogP contribution in [0.4, 0.5) is 11.8 Å². The van der Waals surface area contributed by atoms with Crippen LogP contribution in [0.5, 0.6) is 0 Å². The van der Waals surface area contributed by atoms with E-state index in [1.807, 2.05) is 12.3 Å². The molecule has 5 nitrogen and oxygen atoms in total. The maximum atomic E-state index is 4.80. The molecule has 1 N–H and O–H groups in total. The van der Waals surface area contributed by atoms with Gasteiger partial charge in [0.1, 0.15) is 5.82 Å². The zero-order valence-electron chi connectivity index (χ0n) is 16.6. The quantitative estimate of drug-likeness (QED) is 0.749. The Bertz CT molecular complexity index is 578. The van der Waals surface area contributed by atoms with Gasteiger partial charge in [-0.05, 0) is 37.2 Å². The standard InChI is InChI=1S/C21H35N5/c1-4-11-21(2,3)17-25-15-10-18(16-25)23-20-22-12-9-19(24-20)26-13-7-5-6-8-14-26/h4,9,12,18H,1,5-8,10-11,13-17H2,2-3H3,(H,22,23,24). The van der Waals surface area contributed by atoms with Crippen LogP contribution >= 0.6 is 0 Å². The van der Waals surface area contributed by atoms with E-state index in [0.29, 0.717) is 11.5 Å². The van der Waals surface area contributed by atoms with Crippen LogP contribution in [0.2, 0.25) is 0 Å². The first-order valence-corrected chi connectivity index (χ1v) is 10.2. The van der Waals surface area contributed by atoms with Crippen LogP contribution in [0.1, 0.15) is 52.4 Å². The Morgan fingerprint density at radius 3 is 2.73 bits per heavy atom. The van der Waals surface area contributed by atoms with Crippen LogP contribution in [0.15, 0.2) is 24.9 Å². The van der Waals surface area contributed by atoms with E-state index in [1.165, 1.54) is 25.7 Å². The Morgan fingerprint density at radius 2 is 2.00 bits per heavy atom. The van der Waals surface area contributed by atoms with E-state index in [4.69, 9.17) is 4.98 Å². The molecule has 2 fully saturated rings. The predicted octanol–water partition coefficient (Wildman–Crippen LogP) is 3.95. The second-order valence-electron chi connectivity index (χ2n) is 8.66. The summed E-state index contributed by atoms with van der Waals surface area (Å²) in [6.07, 6.45) is 11.4. The van der Waals surface area contributed by atoms with Crippen LogP contribution in [-0.2, 0) is 0 Å². The molecule has 3 heterocycles. The molecular formula is C21H35N5. The Morgan fingerprint density at radius 1 is 1.23 bits per heavy atom. The van der Waals surface area contributed by atoms with E-state index < -0.39 is 0 Å². The second kappa shape index (κ2) is 8.85. The van der Waals surface area contributed by atoms with Gasteiger partial charge in [0.05, 0.1) is 0 Å². The number of likely N-dealkylation sites (tertiary alicyclic amines) is 1. The summed E-state index contributed by atoms with van der Waals surface area (Å²) in [4.78, 5) is 14.2. The Labute approximate surface area is 158 Å². The molecule has 2 aliphatic heterocycles. The number of allylic oxidation sites excluding steroid dienone is 1. The highest BCUT2D eigenvalue weighted by Crippen LogP contribution is 2.25. The van der Waals surface area contributed by atoms with Crippen molar-refractivity contribution in [2.45, 2.75) is 58.4 Å². The largest absolute Gasteiger partial charge is 0.356 e. The molecule has 2 aliphatic rings. The van der Waals surface area contributed by atoms with Crippen molar-refractivity contribution in [1.82, 2.24) is 14.9 Å². The summed E-state index contributed by atoms with van der Waals surface area (Å²) in [6, 6.07) is 2.49. The number of hydrogen-bond donors (Lipinski definition) is 1. The van der Waals surface area contributed by atoms with Gasteiger partial charge >= 0.3 is 0 Å². The fourth-order valence-electron chi connectivity index (χ4n) is 4.23. The topological polar surface area (TPSA) is 44.3 Å². The molecular weight excluding hydrogens is 322 g/mol. The third kappa shape index (κ3) is 5.44. The smallest absolute Gasteiger partial charge is 0.224 e. The van der Waals surface area contributed by atoms with Gasteiger partial charge in [-0.15, -0.1) is 6.58 Å². The summed E-state index contributed by atoms with van der Waals surface area (Å²) in [5, 5.41) is 3.57. The van der Waals surface area contributed by atoms with Crippen molar-refractivity contribution in [3.63, 3.8) is 0 Å². The fourth-order valence-corrected chi connectivity index (χ4v) is 4.23. The Hall–Kier alpha value is -1.62. The van der Waals surface area contributed by atoms with Gasteiger partial charge in [-0.1, -0.05) is 32.8 Å². The van der Waals surface area contributed by atoms with Gasteiger partial charge in [-0.3, -0.25) is 0 Å². The minimum atomic E-state index is 0.291. The molecule has 0 bridgehead atoms. The maximum Gasteiger partial charge on any atom is 0.224 e. The lowest BCUT2D eigenvalue weighted by atomic mass is 9.89. The molecule has 0 saturated carbocycles. The molecule has 3 rings (SSSR count). The van der Waals surface area contributed by atoms with Gasteiger partial charge in [0.2, 0.25) is 5.95 Å². The van der Waals surface area contributed by atoms with E-state index in [2.05, 4.69) is 46.6 Å². The number of aromatic nitrogens is 2. The molecule has 1 aromatic rings. The number of anilines is 2. The van der Waals surface area contributed by atoms with Gasteiger partial charge in [0.25, 0.3) is 0 Å². The number of nitrogens with zero attached hydrogens (tertiary/aromatic N) is 4. The van der Waals surface area contributed by atoms with E-state index in [9.17, 15) is 0 Å². The predicted molar refractivity (Wildman–Crippen MR) is 110 cm³/mol. The minimum Gasteiger partial charge on any atom is -0.356 e. The summed E-state index contributed by atoms with van der Waals surface area (Å²) in [5.41, 5.74) is 0.291. The Balaban J connectivity index is 1.54. The van der Waals surface area contributed by atoms with Crippen molar-refractivity contribution in [1.29, 1.82) is 0 Å². The van der Waals surface area contributed by atoms with Crippen molar-refractivity contribution < 1.29 is 0 Å². The molecule has 0 aliphatic carbocycles. The first kappa shape index (κ1) is 19.2. The van der Waals surface area contributed by atoms with Crippen molar-refractivity contribution in [3.8, 4) is 0 Å². The van der Waals surface area contributed by atoms with E-state index in [0.717, 1.165) is 57.3 Å². The van der Waals surface area contributed by atoms with Crippen LogP contribution in [0.3, 0.4) is 0 Å². The highest BCUT2D eigenvalue weighted by Gasteiger charge is 2.28. The van der Waals surface area contributed by atoms with Gasteiger partial charge in [-0.25, -0.2) is 4.98 Å². The van der Waals surface area contributed by atoms with E-state index >= 15 is 0 Å². The molecule has 2 saturated heterocycles. The third-order valence-electron chi connectivity index (χ3n) is 5.53. The minimum absolute atomic E-state index is 0.291. The molecule has 1 unspecified atom stereocenters. The number of rotatable bonds is 7. The van der Waals surface area contributed by atoms with Crippen molar-refractivity contribution in [3.05, 3.63) is 24.9 Å². The monoisotopic (exact) mass is 357 g/mol. The summed E-state index contributed by atoms with van der Waals surface area (Å²) >= 11 is 0. The van der Waals surface area contributed by atoms with Crippen molar-refractivity contribution >= 4 is 11.8 Å². The molecule has 5 heteroatoms. The molecule has 1 atom stereocenters. The molecule has 0 aromatic carbocycles. The summed E-state index contributed by atoms with van der Waals surface area (Å²) in [5.74, 6) is 1.86. The number of nitrogens with one attached hydrogen (secondary N) is 1. The van der Waals surface area contributed by atoms with Gasteiger partial charge in [0.15, 0.2) is 0 Å². The molecule has 0 spiro atoms. The van der Waals surface area contributed by atoms with E-state index in [1.54, 1.807) is 0 Å². The maximum absolute atomic E-state index is 4.80. The molecule has 26 heavy (non-hydrogen) atoms. The van der Waals surface area contributed by atoms with Gasteiger partial charge in [-0.2, -0.15) is 4.98 Å². The highest BCUT2D eigenvalue weighted by molar-refractivity contribution is 5.43. The van der Waals surface area contributed by atoms with Crippen molar-refractivity contribution in [2.75, 3.05) is 42.9 Å². The van der Waals surface area contributed by atoms with Crippen LogP contribution in [0.25, 0.3) is 0 Å².